The Morgan fingerprint density at radius 3 is 2.27 bits per heavy atom. The third kappa shape index (κ3) is 6.84. The molecule has 256 valence electrons. The number of anilines is 1. The van der Waals surface area contributed by atoms with Gasteiger partial charge in [-0.15, -0.1) is 10.2 Å². The van der Waals surface area contributed by atoms with Gasteiger partial charge in [0.1, 0.15) is 18.0 Å². The average Bonchev–Trinajstić information content (AvgIpc) is 3.49. The van der Waals surface area contributed by atoms with Crippen LogP contribution in [0.15, 0.2) is 36.7 Å². The van der Waals surface area contributed by atoms with Gasteiger partial charge in [-0.3, -0.25) is 0 Å². The van der Waals surface area contributed by atoms with Gasteiger partial charge in [-0.2, -0.15) is 20.1 Å². The van der Waals surface area contributed by atoms with Crippen LogP contribution in [0.25, 0.3) is 33.4 Å². The maximum atomic E-state index is 13.0. The van der Waals surface area contributed by atoms with Crippen LogP contribution < -0.4 is 4.90 Å². The molecule has 0 spiro atoms. The summed E-state index contributed by atoms with van der Waals surface area (Å²) in [5.74, 6) is 0.821. The first-order valence-electron chi connectivity index (χ1n) is 17.4. The van der Waals surface area contributed by atoms with E-state index in [-0.39, 0.29) is 24.2 Å². The van der Waals surface area contributed by atoms with Gasteiger partial charge in [0.2, 0.25) is 0 Å². The van der Waals surface area contributed by atoms with Crippen LogP contribution in [0, 0.1) is 0 Å². The van der Waals surface area contributed by atoms with Crippen molar-refractivity contribution in [2.75, 3.05) is 18.6 Å². The number of fused-ring (bicyclic) bond motifs is 3. The Bertz CT molecular complexity index is 1760. The number of aromatic nitrogens is 7. The fourth-order valence-electron chi connectivity index (χ4n) is 7.06. The number of benzene rings is 1. The van der Waals surface area contributed by atoms with Crippen LogP contribution in [0.5, 0.6) is 0 Å². The third-order valence-corrected chi connectivity index (χ3v) is 11.5. The van der Waals surface area contributed by atoms with Crippen LogP contribution in [0.1, 0.15) is 65.3 Å². The van der Waals surface area contributed by atoms with Gasteiger partial charge in [0.05, 0.1) is 29.6 Å². The second-order valence-electron chi connectivity index (χ2n) is 16.0. The summed E-state index contributed by atoms with van der Waals surface area (Å²) < 4.78 is 13.8. The average molecular weight is 672 g/mol. The Balaban J connectivity index is 1.12. The molecular weight excluding hydrogens is 623 g/mol. The highest BCUT2D eigenvalue weighted by Crippen LogP contribution is 2.40. The lowest BCUT2D eigenvalue weighted by Gasteiger charge is -2.42. The van der Waals surface area contributed by atoms with Crippen LogP contribution in [-0.4, -0.2) is 91.4 Å². The van der Waals surface area contributed by atoms with E-state index in [0.717, 1.165) is 83.8 Å². The van der Waals surface area contributed by atoms with Crippen LogP contribution >= 0.6 is 0 Å². The van der Waals surface area contributed by atoms with E-state index in [9.17, 15) is 4.79 Å². The molecule has 1 aliphatic carbocycles. The Morgan fingerprint density at radius 1 is 0.917 bits per heavy atom. The fraction of sp³-hybridized carbons (Fsp3) is 0.600. The lowest BCUT2D eigenvalue weighted by molar-refractivity contribution is 0.00596. The van der Waals surface area contributed by atoms with E-state index in [1.54, 1.807) is 0 Å². The second-order valence-corrected chi connectivity index (χ2v) is 21.6. The number of hydrogen-bond donors (Lipinski definition) is 0. The number of carbonyl (C=O) groups is 1. The number of piperidine rings is 1. The van der Waals surface area contributed by atoms with Crippen molar-refractivity contribution in [2.45, 2.75) is 121 Å². The van der Waals surface area contributed by atoms with E-state index in [0.29, 0.717) is 19.4 Å². The number of amides is 1. The molecule has 0 N–H and O–H groups in total. The molecule has 1 aromatic carbocycles. The van der Waals surface area contributed by atoms with Crippen LogP contribution in [0.4, 0.5) is 10.6 Å². The first kappa shape index (κ1) is 32.7. The van der Waals surface area contributed by atoms with Crippen molar-refractivity contribution in [3.63, 3.8) is 0 Å². The molecule has 2 saturated heterocycles. The highest BCUT2D eigenvalue weighted by molar-refractivity contribution is 6.76. The summed E-state index contributed by atoms with van der Waals surface area (Å²) in [5, 5.41) is 24.6. The molecule has 2 bridgehead atoms. The molecule has 12 nitrogen and oxygen atoms in total. The standard InChI is InChI=1S/C35H49N9O3Si/c1-35(2,3)47-34(45)43-24-10-11-25(43)19-26(18-24)41(4)32-15-14-30(38-39-32)28-13-12-27(31-21-37-44(40-31)23-8-9-23)29-20-36-42(33(28)29)22-46-16-17-48(5,6)7/h12-15,20-21,23-26H,8-11,16-19,22H2,1-7H3. The molecule has 1 saturated carbocycles. The van der Waals surface area contributed by atoms with Crippen molar-refractivity contribution in [3.8, 4) is 22.5 Å². The minimum atomic E-state index is -1.22. The highest BCUT2D eigenvalue weighted by atomic mass is 28.3. The number of rotatable bonds is 10. The summed E-state index contributed by atoms with van der Waals surface area (Å²) in [6.45, 7) is 13.9. The predicted octanol–water partition coefficient (Wildman–Crippen LogP) is 6.77. The van der Waals surface area contributed by atoms with E-state index in [2.05, 4.69) is 54.9 Å². The first-order chi connectivity index (χ1) is 22.8. The van der Waals surface area contributed by atoms with Crippen molar-refractivity contribution in [1.82, 2.24) is 39.9 Å². The number of ether oxygens (including phenoxy) is 2. The molecule has 3 aromatic heterocycles. The number of carbonyl (C=O) groups excluding carboxylic acids is 1. The molecule has 7 rings (SSSR count). The smallest absolute Gasteiger partial charge is 0.410 e. The van der Waals surface area contributed by atoms with Gasteiger partial charge in [-0.25, -0.2) is 9.48 Å². The summed E-state index contributed by atoms with van der Waals surface area (Å²) in [6.07, 6.45) is 9.62. The second kappa shape index (κ2) is 12.6. The predicted molar refractivity (Wildman–Crippen MR) is 188 cm³/mol. The lowest BCUT2D eigenvalue weighted by atomic mass is 9.96. The topological polar surface area (TPSA) is 116 Å². The molecule has 2 atom stereocenters. The van der Waals surface area contributed by atoms with E-state index in [1.165, 1.54) is 0 Å². The Kier molecular flexibility index (Phi) is 8.55. The summed E-state index contributed by atoms with van der Waals surface area (Å²) in [7, 11) is 0.871. The maximum absolute atomic E-state index is 13.0. The van der Waals surface area contributed by atoms with Crippen molar-refractivity contribution < 1.29 is 14.3 Å². The van der Waals surface area contributed by atoms with Gasteiger partial charge in [-0.1, -0.05) is 25.7 Å². The summed E-state index contributed by atoms with van der Waals surface area (Å²) in [6, 6.07) is 10.4. The molecule has 1 amide bonds. The quantitative estimate of drug-likeness (QED) is 0.133. The molecule has 2 aliphatic heterocycles. The van der Waals surface area contributed by atoms with Crippen molar-refractivity contribution in [3.05, 3.63) is 36.7 Å². The van der Waals surface area contributed by atoms with Gasteiger partial charge in [0.25, 0.3) is 0 Å². The highest BCUT2D eigenvalue weighted by Gasteiger charge is 2.46. The third-order valence-electron chi connectivity index (χ3n) is 9.82. The molecular formula is C35H49N9O3Si. The van der Waals surface area contributed by atoms with Crippen LogP contribution in [0.2, 0.25) is 25.7 Å². The molecule has 4 aromatic rings. The maximum Gasteiger partial charge on any atom is 0.410 e. The largest absolute Gasteiger partial charge is 0.444 e. The van der Waals surface area contributed by atoms with Crippen LogP contribution in [-0.2, 0) is 16.2 Å². The lowest BCUT2D eigenvalue weighted by Crippen LogP contribution is -2.53. The zero-order valence-electron chi connectivity index (χ0n) is 29.4. The number of hydrogen-bond acceptors (Lipinski definition) is 9. The van der Waals surface area contributed by atoms with Crippen molar-refractivity contribution >= 4 is 30.9 Å². The summed E-state index contributed by atoms with van der Waals surface area (Å²) in [4.78, 5) is 19.0. The monoisotopic (exact) mass is 671 g/mol. The van der Waals surface area contributed by atoms with Gasteiger partial charge in [0.15, 0.2) is 5.82 Å². The Hall–Kier alpha value is -3.84. The van der Waals surface area contributed by atoms with E-state index >= 15 is 0 Å². The molecule has 3 aliphatic rings. The molecule has 3 fully saturated rings. The SMILES string of the molecule is CN(c1ccc(-c2ccc(-c3cnn(C4CC4)n3)c3cnn(COCC[Si](C)(C)C)c23)nn1)C1CC2CCC(C1)N2C(=O)OC(C)(C)C. The van der Waals surface area contributed by atoms with E-state index in [1.807, 2.05) is 53.6 Å². The Morgan fingerprint density at radius 2 is 1.62 bits per heavy atom. The van der Waals surface area contributed by atoms with Crippen molar-refractivity contribution in [2.24, 2.45) is 0 Å². The minimum absolute atomic E-state index is 0.184. The normalized spacial score (nSPS) is 21.2. The first-order valence-corrected chi connectivity index (χ1v) is 21.1. The van der Waals surface area contributed by atoms with Crippen LogP contribution in [0.3, 0.4) is 0 Å². The molecule has 2 unspecified atom stereocenters. The van der Waals surface area contributed by atoms with Gasteiger partial charge in [-0.05, 0) is 83.5 Å². The summed E-state index contributed by atoms with van der Waals surface area (Å²) in [5.41, 5.74) is 4.00. The van der Waals surface area contributed by atoms with Crippen molar-refractivity contribution in [1.29, 1.82) is 0 Å². The Labute approximate surface area is 283 Å². The van der Waals surface area contributed by atoms with E-state index in [4.69, 9.17) is 29.9 Å². The number of nitrogens with zero attached hydrogens (tertiary/aromatic N) is 9. The van der Waals surface area contributed by atoms with Gasteiger partial charge in [0, 0.05) is 56.4 Å². The molecule has 13 heteroatoms. The molecule has 48 heavy (non-hydrogen) atoms. The van der Waals surface area contributed by atoms with Gasteiger partial charge < -0.3 is 19.3 Å². The minimum Gasteiger partial charge on any atom is -0.444 e. The molecule has 0 radical (unpaired) electrons. The van der Waals surface area contributed by atoms with E-state index < -0.39 is 13.7 Å². The zero-order chi connectivity index (χ0) is 33.8. The summed E-state index contributed by atoms with van der Waals surface area (Å²) >= 11 is 0. The zero-order valence-corrected chi connectivity index (χ0v) is 30.4. The molecule has 5 heterocycles. The van der Waals surface area contributed by atoms with Gasteiger partial charge >= 0.3 is 6.09 Å². The fourth-order valence-corrected chi connectivity index (χ4v) is 7.82.